The summed E-state index contributed by atoms with van der Waals surface area (Å²) in [4.78, 5) is 12.0. The van der Waals surface area contributed by atoms with E-state index in [1.54, 1.807) is 6.08 Å². The number of hydroxylamine groups is 2. The summed E-state index contributed by atoms with van der Waals surface area (Å²) in [6.07, 6.45) is 4.04. The molecule has 1 saturated heterocycles. The van der Waals surface area contributed by atoms with Crippen molar-refractivity contribution in [2.24, 2.45) is 0 Å². The van der Waals surface area contributed by atoms with Gasteiger partial charge < -0.3 is 4.74 Å². The van der Waals surface area contributed by atoms with Crippen molar-refractivity contribution in [3.05, 3.63) is 42.0 Å². The molecular formula is C18H24NO3. The third-order valence-electron chi connectivity index (χ3n) is 4.05. The lowest BCUT2D eigenvalue weighted by Gasteiger charge is -2.49. The van der Waals surface area contributed by atoms with Crippen LogP contribution in [0.25, 0.3) is 6.08 Å². The fourth-order valence-corrected chi connectivity index (χ4v) is 3.19. The minimum absolute atomic E-state index is 0.233. The number of rotatable bonds is 3. The van der Waals surface area contributed by atoms with Gasteiger partial charge in [-0.3, -0.25) is 0 Å². The van der Waals surface area contributed by atoms with Crippen LogP contribution >= 0.6 is 0 Å². The van der Waals surface area contributed by atoms with E-state index >= 15 is 0 Å². The molecule has 0 unspecified atom stereocenters. The lowest BCUT2D eigenvalue weighted by molar-refractivity contribution is -0.299. The molecule has 0 aliphatic carbocycles. The molecule has 4 nitrogen and oxygen atoms in total. The molecule has 1 aliphatic rings. The number of carbonyl (C=O) groups excluding carboxylic acids is 1. The third kappa shape index (κ3) is 3.96. The number of nitrogens with zero attached hydrogens (tertiary/aromatic N) is 1. The van der Waals surface area contributed by atoms with Crippen molar-refractivity contribution in [1.29, 1.82) is 0 Å². The first-order valence-corrected chi connectivity index (χ1v) is 7.62. The molecule has 1 aromatic rings. The highest BCUT2D eigenvalue weighted by atomic mass is 16.5. The molecule has 0 amide bonds. The van der Waals surface area contributed by atoms with Crippen molar-refractivity contribution in [1.82, 2.24) is 5.06 Å². The van der Waals surface area contributed by atoms with Crippen molar-refractivity contribution in [3.63, 3.8) is 0 Å². The number of carbonyl (C=O) groups is 1. The van der Waals surface area contributed by atoms with E-state index in [1.807, 2.05) is 58.0 Å². The van der Waals surface area contributed by atoms with Gasteiger partial charge in [0.15, 0.2) is 0 Å². The van der Waals surface area contributed by atoms with Gasteiger partial charge in [0.1, 0.15) is 6.10 Å². The fraction of sp³-hybridized carbons (Fsp3) is 0.500. The van der Waals surface area contributed by atoms with Crippen LogP contribution in [0.2, 0.25) is 0 Å². The smallest absolute Gasteiger partial charge is 0.331 e. The molecule has 1 fully saturated rings. The SMILES string of the molecule is CC1(C)CC(OC(=O)C=Cc2ccccc2)CC(C)(C)N1[O]. The molecular weight excluding hydrogens is 278 g/mol. The van der Waals surface area contributed by atoms with Gasteiger partial charge in [-0.05, 0) is 39.3 Å². The Morgan fingerprint density at radius 3 is 2.23 bits per heavy atom. The standard InChI is InChI=1S/C18H24NO3/c1-17(2)12-15(13-18(3,4)19(17)21)22-16(20)11-10-14-8-6-5-7-9-14/h5-11,15H,12-13H2,1-4H3. The highest BCUT2D eigenvalue weighted by Crippen LogP contribution is 2.38. The van der Waals surface area contributed by atoms with Crippen molar-refractivity contribution < 1.29 is 14.7 Å². The Morgan fingerprint density at radius 1 is 1.14 bits per heavy atom. The number of piperidine rings is 1. The summed E-state index contributed by atoms with van der Waals surface area (Å²) >= 11 is 0. The Morgan fingerprint density at radius 2 is 1.68 bits per heavy atom. The molecule has 0 N–H and O–H groups in total. The zero-order chi connectivity index (χ0) is 16.4. The number of esters is 1. The molecule has 119 valence electrons. The van der Waals surface area contributed by atoms with Crippen molar-refractivity contribution in [2.45, 2.75) is 57.7 Å². The van der Waals surface area contributed by atoms with Gasteiger partial charge in [0.2, 0.25) is 0 Å². The molecule has 0 bridgehead atoms. The average Bonchev–Trinajstić information content (AvgIpc) is 2.43. The fourth-order valence-electron chi connectivity index (χ4n) is 3.19. The van der Waals surface area contributed by atoms with E-state index in [0.29, 0.717) is 12.8 Å². The van der Waals surface area contributed by atoms with E-state index < -0.39 is 11.1 Å². The zero-order valence-electron chi connectivity index (χ0n) is 13.7. The monoisotopic (exact) mass is 302 g/mol. The van der Waals surface area contributed by atoms with Crippen molar-refractivity contribution >= 4 is 12.0 Å². The number of hydrogen-bond acceptors (Lipinski definition) is 3. The molecule has 0 atom stereocenters. The van der Waals surface area contributed by atoms with Gasteiger partial charge >= 0.3 is 5.97 Å². The first kappa shape index (κ1) is 16.7. The maximum absolute atomic E-state index is 12.3. The summed E-state index contributed by atoms with van der Waals surface area (Å²) in [6, 6.07) is 9.61. The minimum Gasteiger partial charge on any atom is -0.459 e. The van der Waals surface area contributed by atoms with Crippen LogP contribution in [0.1, 0.15) is 46.1 Å². The van der Waals surface area contributed by atoms with E-state index in [9.17, 15) is 10.0 Å². The summed E-state index contributed by atoms with van der Waals surface area (Å²) < 4.78 is 5.54. The van der Waals surface area contributed by atoms with Crippen LogP contribution in [0, 0.1) is 0 Å². The Kier molecular flexibility index (Phi) is 4.73. The number of ether oxygens (including phenoxy) is 1. The Labute approximate surface area is 132 Å². The van der Waals surface area contributed by atoms with Gasteiger partial charge in [-0.2, -0.15) is 0 Å². The summed E-state index contributed by atoms with van der Waals surface area (Å²) in [6.45, 7) is 7.56. The Hall–Kier alpha value is -1.65. The zero-order valence-corrected chi connectivity index (χ0v) is 13.7. The maximum Gasteiger partial charge on any atom is 0.331 e. The molecule has 22 heavy (non-hydrogen) atoms. The van der Waals surface area contributed by atoms with Crippen LogP contribution in [-0.4, -0.2) is 28.2 Å². The normalized spacial score (nSPS) is 21.9. The molecule has 1 radical (unpaired) electrons. The summed E-state index contributed by atoms with van der Waals surface area (Å²) in [7, 11) is 0. The summed E-state index contributed by atoms with van der Waals surface area (Å²) in [5, 5.41) is 13.4. The average molecular weight is 302 g/mol. The molecule has 2 rings (SSSR count). The largest absolute Gasteiger partial charge is 0.459 e. The van der Waals surface area contributed by atoms with Gasteiger partial charge in [-0.15, -0.1) is 10.3 Å². The number of hydrogen-bond donors (Lipinski definition) is 0. The minimum atomic E-state index is -0.532. The van der Waals surface area contributed by atoms with Gasteiger partial charge in [-0.1, -0.05) is 30.3 Å². The second kappa shape index (κ2) is 6.23. The molecule has 1 heterocycles. The lowest BCUT2D eigenvalue weighted by atomic mass is 9.80. The Balaban J connectivity index is 1.99. The molecule has 1 aromatic carbocycles. The van der Waals surface area contributed by atoms with Crippen LogP contribution in [0.4, 0.5) is 0 Å². The van der Waals surface area contributed by atoms with Crippen molar-refractivity contribution in [2.75, 3.05) is 0 Å². The summed E-state index contributed by atoms with van der Waals surface area (Å²) in [5.41, 5.74) is -0.111. The maximum atomic E-state index is 12.3. The molecule has 4 heteroatoms. The molecule has 0 aromatic heterocycles. The van der Waals surface area contributed by atoms with E-state index in [-0.39, 0.29) is 12.1 Å². The van der Waals surface area contributed by atoms with Gasteiger partial charge in [0.25, 0.3) is 0 Å². The summed E-state index contributed by atoms with van der Waals surface area (Å²) in [5.74, 6) is -0.361. The molecule has 0 saturated carbocycles. The molecule has 1 aliphatic heterocycles. The van der Waals surface area contributed by atoms with E-state index in [2.05, 4.69) is 0 Å². The van der Waals surface area contributed by atoms with Gasteiger partial charge in [-0.25, -0.2) is 4.79 Å². The van der Waals surface area contributed by atoms with Crippen LogP contribution in [0.5, 0.6) is 0 Å². The van der Waals surface area contributed by atoms with Gasteiger partial charge in [0, 0.05) is 30.0 Å². The van der Waals surface area contributed by atoms with Crippen LogP contribution in [-0.2, 0) is 14.7 Å². The highest BCUT2D eigenvalue weighted by Gasteiger charge is 2.47. The first-order chi connectivity index (χ1) is 10.2. The molecule has 0 spiro atoms. The van der Waals surface area contributed by atoms with E-state index in [0.717, 1.165) is 10.6 Å². The van der Waals surface area contributed by atoms with Crippen LogP contribution in [0.15, 0.2) is 36.4 Å². The second-order valence-electron chi connectivity index (χ2n) is 7.13. The topological polar surface area (TPSA) is 49.4 Å². The number of benzene rings is 1. The van der Waals surface area contributed by atoms with E-state index in [1.165, 1.54) is 6.08 Å². The third-order valence-corrected chi connectivity index (χ3v) is 4.05. The predicted molar refractivity (Wildman–Crippen MR) is 85.3 cm³/mol. The van der Waals surface area contributed by atoms with Gasteiger partial charge in [0.05, 0.1) is 0 Å². The van der Waals surface area contributed by atoms with Crippen LogP contribution < -0.4 is 0 Å². The van der Waals surface area contributed by atoms with E-state index in [4.69, 9.17) is 4.74 Å². The quantitative estimate of drug-likeness (QED) is 0.633. The predicted octanol–water partition coefficient (Wildman–Crippen LogP) is 3.61. The first-order valence-electron chi connectivity index (χ1n) is 7.62. The second-order valence-corrected chi connectivity index (χ2v) is 7.13. The Bertz CT molecular complexity index is 531. The highest BCUT2D eigenvalue weighted by molar-refractivity contribution is 5.87. The van der Waals surface area contributed by atoms with Crippen molar-refractivity contribution in [3.8, 4) is 0 Å². The lowest BCUT2D eigenvalue weighted by Crippen LogP contribution is -2.60. The van der Waals surface area contributed by atoms with Crippen LogP contribution in [0.3, 0.4) is 0 Å².